The van der Waals surface area contributed by atoms with Gasteiger partial charge in [-0.1, -0.05) is 0 Å². The fourth-order valence-corrected chi connectivity index (χ4v) is 3.63. The number of rotatable bonds is 4. The number of hydrogen-bond donors (Lipinski definition) is 0. The Bertz CT molecular complexity index is 932. The van der Waals surface area contributed by atoms with Crippen LogP contribution < -0.4 is 4.74 Å². The summed E-state index contributed by atoms with van der Waals surface area (Å²) in [5.41, 5.74) is 1.69. The average molecular weight is 368 g/mol. The Kier molecular flexibility index (Phi) is 4.85. The van der Waals surface area contributed by atoms with Gasteiger partial charge in [0.15, 0.2) is 0 Å². The van der Waals surface area contributed by atoms with E-state index in [0.717, 1.165) is 23.1 Å². The molecule has 1 aliphatic heterocycles. The molecule has 1 fully saturated rings. The number of aryl methyl sites for hydroxylation is 1. The van der Waals surface area contributed by atoms with E-state index >= 15 is 0 Å². The minimum absolute atomic E-state index is 0.0311. The number of methoxy groups -OCH3 is 1. The van der Waals surface area contributed by atoms with E-state index in [4.69, 9.17) is 9.47 Å². The van der Waals surface area contributed by atoms with Gasteiger partial charge in [-0.3, -0.25) is 9.48 Å². The second-order valence-corrected chi connectivity index (χ2v) is 6.84. The third kappa shape index (κ3) is 3.55. The molecule has 0 bridgehead atoms. The molecule has 142 valence electrons. The van der Waals surface area contributed by atoms with Crippen LogP contribution in [-0.2, 0) is 18.3 Å². The lowest BCUT2D eigenvalue weighted by Gasteiger charge is -2.24. The quantitative estimate of drug-likeness (QED) is 0.709. The van der Waals surface area contributed by atoms with Gasteiger partial charge >= 0.3 is 0 Å². The van der Waals surface area contributed by atoms with Crippen LogP contribution in [0.3, 0.4) is 0 Å². The molecule has 1 amide bonds. The SMILES string of the molecule is COc1ccc2c(c1)cc(C(=O)N1CCCO[C@H](Cn3cccn3)C1)n2C. The highest BCUT2D eigenvalue weighted by Crippen LogP contribution is 2.25. The van der Waals surface area contributed by atoms with Gasteiger partial charge in [0.05, 0.1) is 19.8 Å². The molecule has 3 aromatic rings. The minimum atomic E-state index is -0.0638. The van der Waals surface area contributed by atoms with E-state index in [0.29, 0.717) is 31.9 Å². The lowest BCUT2D eigenvalue weighted by atomic mass is 10.2. The van der Waals surface area contributed by atoms with Crippen LogP contribution in [-0.4, -0.2) is 58.1 Å². The number of hydrogen-bond acceptors (Lipinski definition) is 4. The Labute approximate surface area is 158 Å². The summed E-state index contributed by atoms with van der Waals surface area (Å²) < 4.78 is 15.0. The Morgan fingerprint density at radius 1 is 1.37 bits per heavy atom. The van der Waals surface area contributed by atoms with Crippen molar-refractivity contribution >= 4 is 16.8 Å². The molecular weight excluding hydrogens is 344 g/mol. The van der Waals surface area contributed by atoms with Gasteiger partial charge in [-0.2, -0.15) is 5.10 Å². The summed E-state index contributed by atoms with van der Waals surface area (Å²) >= 11 is 0. The second kappa shape index (κ2) is 7.44. The highest BCUT2D eigenvalue weighted by Gasteiger charge is 2.26. The van der Waals surface area contributed by atoms with Crippen LogP contribution in [0.25, 0.3) is 10.9 Å². The van der Waals surface area contributed by atoms with Gasteiger partial charge < -0.3 is 18.9 Å². The van der Waals surface area contributed by atoms with E-state index < -0.39 is 0 Å². The molecule has 3 heterocycles. The molecule has 0 unspecified atom stereocenters. The molecule has 1 aliphatic rings. The normalized spacial score (nSPS) is 17.9. The topological polar surface area (TPSA) is 61.5 Å². The van der Waals surface area contributed by atoms with Crippen molar-refractivity contribution in [3.05, 3.63) is 48.4 Å². The fourth-order valence-electron chi connectivity index (χ4n) is 3.63. The fraction of sp³-hybridized carbons (Fsp3) is 0.400. The predicted octanol–water partition coefficient (Wildman–Crippen LogP) is 2.31. The number of ether oxygens (including phenoxy) is 2. The Balaban J connectivity index is 1.57. The van der Waals surface area contributed by atoms with Gasteiger partial charge in [-0.15, -0.1) is 0 Å². The molecule has 0 spiro atoms. The van der Waals surface area contributed by atoms with Gasteiger partial charge in [0, 0.05) is 50.0 Å². The lowest BCUT2D eigenvalue weighted by molar-refractivity contribution is 0.0364. The van der Waals surface area contributed by atoms with Crippen molar-refractivity contribution < 1.29 is 14.3 Å². The first-order valence-corrected chi connectivity index (χ1v) is 9.17. The van der Waals surface area contributed by atoms with Gasteiger partial charge in [-0.25, -0.2) is 0 Å². The van der Waals surface area contributed by atoms with Crippen molar-refractivity contribution in [1.82, 2.24) is 19.2 Å². The van der Waals surface area contributed by atoms with E-state index in [-0.39, 0.29) is 12.0 Å². The molecule has 1 aromatic carbocycles. The molecule has 0 radical (unpaired) electrons. The zero-order valence-corrected chi connectivity index (χ0v) is 15.7. The maximum absolute atomic E-state index is 13.2. The third-order valence-electron chi connectivity index (χ3n) is 5.06. The lowest BCUT2D eigenvalue weighted by Crippen LogP contribution is -2.39. The van der Waals surface area contributed by atoms with E-state index in [1.807, 2.05) is 57.7 Å². The number of nitrogens with zero attached hydrogens (tertiary/aromatic N) is 4. The molecule has 1 atom stereocenters. The van der Waals surface area contributed by atoms with E-state index in [1.54, 1.807) is 13.3 Å². The van der Waals surface area contributed by atoms with Crippen molar-refractivity contribution in [1.29, 1.82) is 0 Å². The highest BCUT2D eigenvalue weighted by molar-refractivity contribution is 5.99. The van der Waals surface area contributed by atoms with Crippen molar-refractivity contribution in [2.45, 2.75) is 19.1 Å². The molecule has 7 nitrogen and oxygen atoms in total. The molecule has 7 heteroatoms. The van der Waals surface area contributed by atoms with Crippen molar-refractivity contribution in [2.24, 2.45) is 7.05 Å². The number of amides is 1. The Morgan fingerprint density at radius 2 is 2.26 bits per heavy atom. The molecule has 1 saturated heterocycles. The average Bonchev–Trinajstić information content (AvgIpc) is 3.23. The number of carbonyl (C=O) groups excluding carboxylic acids is 1. The van der Waals surface area contributed by atoms with Crippen LogP contribution in [0.4, 0.5) is 0 Å². The second-order valence-electron chi connectivity index (χ2n) is 6.84. The zero-order chi connectivity index (χ0) is 18.8. The Hall–Kier alpha value is -2.80. The van der Waals surface area contributed by atoms with Gasteiger partial charge in [0.2, 0.25) is 0 Å². The number of fused-ring (bicyclic) bond motifs is 1. The number of benzene rings is 1. The largest absolute Gasteiger partial charge is 0.497 e. The third-order valence-corrected chi connectivity index (χ3v) is 5.06. The number of carbonyl (C=O) groups is 1. The minimum Gasteiger partial charge on any atom is -0.497 e. The molecule has 27 heavy (non-hydrogen) atoms. The summed E-state index contributed by atoms with van der Waals surface area (Å²) in [7, 11) is 3.57. The van der Waals surface area contributed by atoms with Crippen molar-refractivity contribution in [3.8, 4) is 5.75 Å². The summed E-state index contributed by atoms with van der Waals surface area (Å²) in [6, 6.07) is 9.68. The molecular formula is C20H24N4O3. The summed E-state index contributed by atoms with van der Waals surface area (Å²) in [6.07, 6.45) is 4.44. The first-order valence-electron chi connectivity index (χ1n) is 9.17. The summed E-state index contributed by atoms with van der Waals surface area (Å²) in [6.45, 7) is 2.55. The van der Waals surface area contributed by atoms with Crippen LogP contribution in [0.5, 0.6) is 5.75 Å². The van der Waals surface area contributed by atoms with Crippen molar-refractivity contribution in [2.75, 3.05) is 26.8 Å². The van der Waals surface area contributed by atoms with Gasteiger partial charge in [0.1, 0.15) is 11.4 Å². The molecule has 0 aliphatic carbocycles. The smallest absolute Gasteiger partial charge is 0.270 e. The van der Waals surface area contributed by atoms with Crippen LogP contribution >= 0.6 is 0 Å². The number of aromatic nitrogens is 3. The highest BCUT2D eigenvalue weighted by atomic mass is 16.5. The molecule has 2 aromatic heterocycles. The predicted molar refractivity (Wildman–Crippen MR) is 102 cm³/mol. The Morgan fingerprint density at radius 3 is 3.04 bits per heavy atom. The van der Waals surface area contributed by atoms with Gasteiger partial charge in [0.25, 0.3) is 5.91 Å². The molecule has 0 saturated carbocycles. The summed E-state index contributed by atoms with van der Waals surface area (Å²) in [5, 5.41) is 5.24. The maximum Gasteiger partial charge on any atom is 0.270 e. The van der Waals surface area contributed by atoms with Crippen LogP contribution in [0.1, 0.15) is 16.9 Å². The molecule has 4 rings (SSSR count). The van der Waals surface area contributed by atoms with Crippen LogP contribution in [0.2, 0.25) is 0 Å². The zero-order valence-electron chi connectivity index (χ0n) is 15.7. The summed E-state index contributed by atoms with van der Waals surface area (Å²) in [5.74, 6) is 0.818. The summed E-state index contributed by atoms with van der Waals surface area (Å²) in [4.78, 5) is 15.1. The standard InChI is InChI=1S/C20H24N4O3/c1-22-18-6-5-16(26-2)11-15(18)12-19(22)20(25)23-8-4-10-27-17(13-23)14-24-9-3-7-21-24/h3,5-7,9,11-12,17H,4,8,10,13-14H2,1-2H3/t17-/m0/s1. The first-order chi connectivity index (χ1) is 13.2. The van der Waals surface area contributed by atoms with E-state index in [1.165, 1.54) is 0 Å². The van der Waals surface area contributed by atoms with Gasteiger partial charge in [-0.05, 0) is 36.8 Å². The maximum atomic E-state index is 13.2. The van der Waals surface area contributed by atoms with Crippen LogP contribution in [0, 0.1) is 0 Å². The molecule has 0 N–H and O–H groups in total. The monoisotopic (exact) mass is 368 g/mol. The van der Waals surface area contributed by atoms with E-state index in [9.17, 15) is 4.79 Å². The first kappa shape index (κ1) is 17.6. The van der Waals surface area contributed by atoms with Crippen molar-refractivity contribution in [3.63, 3.8) is 0 Å². The van der Waals surface area contributed by atoms with Crippen LogP contribution in [0.15, 0.2) is 42.7 Å². The van der Waals surface area contributed by atoms with E-state index in [2.05, 4.69) is 5.10 Å².